The van der Waals surface area contributed by atoms with Crippen LogP contribution in [0.25, 0.3) is 0 Å². The van der Waals surface area contributed by atoms with Crippen molar-refractivity contribution in [1.82, 2.24) is 15.3 Å². The summed E-state index contributed by atoms with van der Waals surface area (Å²) in [5.74, 6) is -0.319. The van der Waals surface area contributed by atoms with E-state index >= 15 is 0 Å². The second-order valence-corrected chi connectivity index (χ2v) is 4.62. The van der Waals surface area contributed by atoms with Crippen LogP contribution in [0.15, 0.2) is 58.9 Å². The Morgan fingerprint density at radius 1 is 1.43 bits per heavy atom. The van der Waals surface area contributed by atoms with Gasteiger partial charge in [0.1, 0.15) is 5.82 Å². The molecule has 0 saturated carbocycles. The van der Waals surface area contributed by atoms with Crippen LogP contribution in [0.2, 0.25) is 0 Å². The number of halogens is 1. The van der Waals surface area contributed by atoms with Crippen molar-refractivity contribution in [2.75, 3.05) is 26.3 Å². The van der Waals surface area contributed by atoms with Crippen molar-refractivity contribution < 1.29 is 9.13 Å². The number of amidine groups is 1. The normalized spacial score (nSPS) is 16.7. The van der Waals surface area contributed by atoms with Crippen molar-refractivity contribution in [3.8, 4) is 0 Å². The lowest BCUT2D eigenvalue weighted by Gasteiger charge is -2.29. The molecule has 7 nitrogen and oxygen atoms in total. The van der Waals surface area contributed by atoms with Gasteiger partial charge in [0.05, 0.1) is 25.1 Å². The Morgan fingerprint density at radius 3 is 2.87 bits per heavy atom. The Morgan fingerprint density at radius 2 is 2.22 bits per heavy atom. The topological polar surface area (TPSA) is 88.1 Å². The van der Waals surface area contributed by atoms with Crippen molar-refractivity contribution in [2.45, 2.75) is 0 Å². The van der Waals surface area contributed by atoms with E-state index in [1.54, 1.807) is 17.2 Å². The molecule has 0 bridgehead atoms. The fraction of sp³-hybridized carbons (Fsp3) is 0.267. The smallest absolute Gasteiger partial charge is 0.181 e. The van der Waals surface area contributed by atoms with Crippen molar-refractivity contribution in [2.24, 2.45) is 15.8 Å². The number of hydrazone groups is 1. The standard InChI is InChI=1S/C15H19FN6O/c1-12(21-19-11-13-4-2-3-5-18-13)20-15(14(16)10-17)22-6-8-23-9-7-22/h2-5,10-11,21H,1,6-9,17H2/b14-10+,19-11+,20-15+. The summed E-state index contributed by atoms with van der Waals surface area (Å²) in [7, 11) is 0. The number of hydrogen-bond donors (Lipinski definition) is 2. The van der Waals surface area contributed by atoms with Gasteiger partial charge in [0, 0.05) is 25.5 Å². The lowest BCUT2D eigenvalue weighted by atomic mass is 10.3. The summed E-state index contributed by atoms with van der Waals surface area (Å²) >= 11 is 0. The number of nitrogens with two attached hydrogens (primary N) is 1. The van der Waals surface area contributed by atoms with Crippen LogP contribution in [0.3, 0.4) is 0 Å². The summed E-state index contributed by atoms with van der Waals surface area (Å²) in [6.45, 7) is 5.79. The molecule has 2 heterocycles. The van der Waals surface area contributed by atoms with Crippen LogP contribution >= 0.6 is 0 Å². The third kappa shape index (κ3) is 5.19. The van der Waals surface area contributed by atoms with Crippen molar-refractivity contribution >= 4 is 12.1 Å². The number of morpholine rings is 1. The zero-order valence-electron chi connectivity index (χ0n) is 12.7. The van der Waals surface area contributed by atoms with Crippen molar-refractivity contribution in [3.63, 3.8) is 0 Å². The highest BCUT2D eigenvalue weighted by Gasteiger charge is 2.19. The number of aliphatic imine (C=N–C) groups is 1. The van der Waals surface area contributed by atoms with Gasteiger partial charge in [-0.1, -0.05) is 12.6 Å². The zero-order chi connectivity index (χ0) is 16.5. The van der Waals surface area contributed by atoms with Gasteiger partial charge < -0.3 is 15.4 Å². The summed E-state index contributed by atoms with van der Waals surface area (Å²) in [6, 6.07) is 5.46. The predicted octanol–water partition coefficient (Wildman–Crippen LogP) is 0.977. The molecule has 0 unspecified atom stereocenters. The second-order valence-electron chi connectivity index (χ2n) is 4.62. The molecule has 0 atom stereocenters. The van der Waals surface area contributed by atoms with Gasteiger partial charge in [-0.25, -0.2) is 9.38 Å². The van der Waals surface area contributed by atoms with Gasteiger partial charge >= 0.3 is 0 Å². The van der Waals surface area contributed by atoms with E-state index in [0.29, 0.717) is 32.0 Å². The third-order valence-corrected chi connectivity index (χ3v) is 2.99. The Bertz CT molecular complexity index is 608. The van der Waals surface area contributed by atoms with Gasteiger partial charge in [-0.3, -0.25) is 10.4 Å². The molecule has 0 spiro atoms. The van der Waals surface area contributed by atoms with Gasteiger partial charge in [-0.15, -0.1) is 0 Å². The molecule has 0 aliphatic carbocycles. The molecule has 1 aromatic rings. The van der Waals surface area contributed by atoms with Gasteiger partial charge in [0.2, 0.25) is 0 Å². The van der Waals surface area contributed by atoms with E-state index < -0.39 is 5.83 Å². The fourth-order valence-electron chi connectivity index (χ4n) is 1.90. The first-order valence-corrected chi connectivity index (χ1v) is 7.09. The maximum atomic E-state index is 13.9. The summed E-state index contributed by atoms with van der Waals surface area (Å²) < 4.78 is 19.2. The summed E-state index contributed by atoms with van der Waals surface area (Å²) in [5, 5.41) is 3.96. The van der Waals surface area contributed by atoms with Gasteiger partial charge in [-0.05, 0) is 12.1 Å². The van der Waals surface area contributed by atoms with Gasteiger partial charge in [-0.2, -0.15) is 5.10 Å². The van der Waals surface area contributed by atoms with Crippen LogP contribution < -0.4 is 11.2 Å². The first-order valence-electron chi connectivity index (χ1n) is 7.09. The van der Waals surface area contributed by atoms with E-state index in [1.165, 1.54) is 6.21 Å². The summed E-state index contributed by atoms with van der Waals surface area (Å²) in [4.78, 5) is 9.96. The SMILES string of the molecule is C=C(/N=C(\C(F)=C/N)N1CCOCC1)N/N=C/c1ccccn1. The number of nitrogens with one attached hydrogen (secondary N) is 1. The van der Waals surface area contributed by atoms with Crippen molar-refractivity contribution in [1.29, 1.82) is 0 Å². The number of ether oxygens (including phenoxy) is 1. The molecule has 8 heteroatoms. The highest BCUT2D eigenvalue weighted by molar-refractivity contribution is 5.96. The Balaban J connectivity index is 2.02. The predicted molar refractivity (Wildman–Crippen MR) is 87.3 cm³/mol. The van der Waals surface area contributed by atoms with E-state index in [0.717, 1.165) is 6.20 Å². The largest absolute Gasteiger partial charge is 0.402 e. The molecule has 0 aromatic carbocycles. The van der Waals surface area contributed by atoms with E-state index in [2.05, 4.69) is 27.1 Å². The maximum Gasteiger partial charge on any atom is 0.181 e. The van der Waals surface area contributed by atoms with Crippen LogP contribution in [0.4, 0.5) is 4.39 Å². The Labute approximate surface area is 134 Å². The maximum absolute atomic E-state index is 13.9. The number of rotatable bonds is 5. The number of aromatic nitrogens is 1. The van der Waals surface area contributed by atoms with Crippen LogP contribution in [0.1, 0.15) is 5.69 Å². The second kappa shape index (κ2) is 8.64. The average molecular weight is 318 g/mol. The average Bonchev–Trinajstić information content (AvgIpc) is 2.60. The molecule has 1 aliphatic rings. The molecule has 1 aromatic heterocycles. The Kier molecular flexibility index (Phi) is 6.25. The van der Waals surface area contributed by atoms with Crippen molar-refractivity contribution in [3.05, 3.63) is 54.5 Å². The van der Waals surface area contributed by atoms with E-state index in [-0.39, 0.29) is 11.7 Å². The minimum atomic E-state index is -0.622. The van der Waals surface area contributed by atoms with Gasteiger partial charge in [0.25, 0.3) is 0 Å². The molecule has 0 radical (unpaired) electrons. The molecule has 0 amide bonds. The monoisotopic (exact) mass is 318 g/mol. The van der Waals surface area contributed by atoms with Crippen LogP contribution in [-0.4, -0.2) is 48.2 Å². The van der Waals surface area contributed by atoms with Gasteiger partial charge in [0.15, 0.2) is 11.7 Å². The number of hydrogen-bond acceptors (Lipinski definition) is 6. The molecular formula is C15H19FN6O. The zero-order valence-corrected chi connectivity index (χ0v) is 12.7. The van der Waals surface area contributed by atoms with Crippen LogP contribution in [0.5, 0.6) is 0 Å². The molecule has 2 rings (SSSR count). The minimum Gasteiger partial charge on any atom is -0.402 e. The van der Waals surface area contributed by atoms with E-state index in [9.17, 15) is 4.39 Å². The molecule has 3 N–H and O–H groups in total. The molecular weight excluding hydrogens is 299 g/mol. The fourth-order valence-corrected chi connectivity index (χ4v) is 1.90. The summed E-state index contributed by atoms with van der Waals surface area (Å²) in [6.07, 6.45) is 4.05. The third-order valence-electron chi connectivity index (χ3n) is 2.99. The lowest BCUT2D eigenvalue weighted by molar-refractivity contribution is 0.0676. The van der Waals surface area contributed by atoms with E-state index in [1.807, 2.05) is 12.1 Å². The number of nitrogens with zero attached hydrogens (tertiary/aromatic N) is 4. The van der Waals surface area contributed by atoms with Crippen LogP contribution in [-0.2, 0) is 4.74 Å². The van der Waals surface area contributed by atoms with E-state index in [4.69, 9.17) is 10.5 Å². The minimum absolute atomic E-state index is 0.112. The highest BCUT2D eigenvalue weighted by Crippen LogP contribution is 2.09. The molecule has 122 valence electrons. The Hall–Kier alpha value is -2.74. The van der Waals surface area contributed by atoms with Crippen LogP contribution in [0, 0.1) is 0 Å². The summed E-state index contributed by atoms with van der Waals surface area (Å²) in [5.41, 5.74) is 8.58. The lowest BCUT2D eigenvalue weighted by Crippen LogP contribution is -2.41. The first-order chi connectivity index (χ1) is 11.2. The quantitative estimate of drug-likeness (QED) is 0.480. The number of pyridine rings is 1. The highest BCUT2D eigenvalue weighted by atomic mass is 19.1. The molecule has 1 fully saturated rings. The first kappa shape index (κ1) is 16.6. The molecule has 23 heavy (non-hydrogen) atoms. The molecule has 1 aliphatic heterocycles. The molecule has 1 saturated heterocycles.